The summed E-state index contributed by atoms with van der Waals surface area (Å²) in [6.07, 6.45) is 6.20. The van der Waals surface area contributed by atoms with Crippen LogP contribution in [0.25, 0.3) is 11.3 Å². The Balaban J connectivity index is 1.70. The zero-order chi connectivity index (χ0) is 27.1. The lowest BCUT2D eigenvalue weighted by Gasteiger charge is -2.40. The Labute approximate surface area is 225 Å². The summed E-state index contributed by atoms with van der Waals surface area (Å²) in [7, 11) is 0. The zero-order valence-electron chi connectivity index (χ0n) is 22.9. The number of rotatable bonds is 11. The van der Waals surface area contributed by atoms with E-state index in [1.165, 1.54) is 0 Å². The molecule has 0 radical (unpaired) electrons. The Morgan fingerprint density at radius 3 is 2.45 bits per heavy atom. The molecule has 7 heteroatoms. The Bertz CT molecular complexity index is 1200. The molecule has 1 aromatic carbocycles. The van der Waals surface area contributed by atoms with Gasteiger partial charge < -0.3 is 19.5 Å². The first-order valence-corrected chi connectivity index (χ1v) is 13.5. The van der Waals surface area contributed by atoms with Crippen LogP contribution in [0.5, 0.6) is 5.75 Å². The van der Waals surface area contributed by atoms with Gasteiger partial charge in [-0.15, -0.1) is 0 Å². The average molecular weight is 518 g/mol. The normalized spacial score (nSPS) is 15.7. The van der Waals surface area contributed by atoms with Crippen molar-refractivity contribution in [2.45, 2.75) is 66.1 Å². The number of unbranched alkanes of at least 4 members (excludes halogenated alkanes) is 1. The molecule has 1 saturated heterocycles. The van der Waals surface area contributed by atoms with Gasteiger partial charge >= 0.3 is 5.97 Å². The van der Waals surface area contributed by atoms with E-state index in [9.17, 15) is 9.90 Å². The van der Waals surface area contributed by atoms with Gasteiger partial charge in [-0.25, -0.2) is 4.79 Å². The van der Waals surface area contributed by atoms with Crippen molar-refractivity contribution in [3.05, 3.63) is 71.7 Å². The lowest BCUT2D eigenvalue weighted by molar-refractivity contribution is -0.151. The fourth-order valence-electron chi connectivity index (χ4n) is 4.78. The number of pyridine rings is 2. The zero-order valence-corrected chi connectivity index (χ0v) is 22.9. The number of carboxylic acid groups (broad SMARTS) is 1. The van der Waals surface area contributed by atoms with Crippen LogP contribution in [0.1, 0.15) is 69.4 Å². The summed E-state index contributed by atoms with van der Waals surface area (Å²) in [6, 6.07) is 13.8. The summed E-state index contributed by atoms with van der Waals surface area (Å²) in [5.74, 6) is -0.329. The minimum Gasteiger partial charge on any atom is -0.487 e. The molecular formula is C31H39N3O4. The summed E-state index contributed by atoms with van der Waals surface area (Å²) < 4.78 is 11.9. The van der Waals surface area contributed by atoms with E-state index < -0.39 is 12.1 Å². The second kappa shape index (κ2) is 12.4. The van der Waals surface area contributed by atoms with Crippen molar-refractivity contribution in [1.29, 1.82) is 0 Å². The predicted molar refractivity (Wildman–Crippen MR) is 149 cm³/mol. The fourth-order valence-corrected chi connectivity index (χ4v) is 4.78. The number of aromatic nitrogens is 2. The molecule has 0 saturated carbocycles. The lowest BCUT2D eigenvalue weighted by Crippen LogP contribution is -2.39. The van der Waals surface area contributed by atoms with Gasteiger partial charge in [0.2, 0.25) is 0 Å². The molecule has 0 aliphatic carbocycles. The molecule has 0 bridgehead atoms. The first-order valence-electron chi connectivity index (χ1n) is 13.5. The van der Waals surface area contributed by atoms with Gasteiger partial charge in [-0.05, 0) is 49.3 Å². The number of benzene rings is 1. The molecule has 1 atom stereocenters. The third kappa shape index (κ3) is 6.70. The number of carbonyl (C=O) groups is 1. The van der Waals surface area contributed by atoms with Crippen molar-refractivity contribution < 1.29 is 19.4 Å². The summed E-state index contributed by atoms with van der Waals surface area (Å²) in [6.45, 7) is 11.0. The summed E-state index contributed by atoms with van der Waals surface area (Å²) in [4.78, 5) is 24.1. The van der Waals surface area contributed by atoms with E-state index in [-0.39, 0.29) is 5.41 Å². The van der Waals surface area contributed by atoms with Crippen molar-refractivity contribution in [2.24, 2.45) is 5.41 Å². The Morgan fingerprint density at radius 2 is 1.82 bits per heavy atom. The van der Waals surface area contributed by atoms with E-state index in [4.69, 9.17) is 14.5 Å². The molecule has 3 heterocycles. The van der Waals surface area contributed by atoms with E-state index in [0.29, 0.717) is 30.2 Å². The van der Waals surface area contributed by atoms with Gasteiger partial charge in [-0.3, -0.25) is 9.97 Å². The van der Waals surface area contributed by atoms with Crippen molar-refractivity contribution in [2.75, 3.05) is 24.6 Å². The number of piperidine rings is 1. The van der Waals surface area contributed by atoms with Crippen molar-refractivity contribution in [3.8, 4) is 17.0 Å². The lowest BCUT2D eigenvalue weighted by atomic mass is 9.82. The first-order chi connectivity index (χ1) is 18.3. The number of hydrogen-bond donors (Lipinski definition) is 1. The topological polar surface area (TPSA) is 84.8 Å². The molecule has 38 heavy (non-hydrogen) atoms. The maximum atomic E-state index is 12.5. The second-order valence-electron chi connectivity index (χ2n) is 10.8. The average Bonchev–Trinajstić information content (AvgIpc) is 2.91. The first kappa shape index (κ1) is 27.6. The molecular weight excluding hydrogens is 478 g/mol. The molecule has 0 amide bonds. The monoisotopic (exact) mass is 517 g/mol. The van der Waals surface area contributed by atoms with Gasteiger partial charge in [-0.2, -0.15) is 0 Å². The standard InChI is InChI=1S/C31H39N3O4/c1-5-6-18-37-29(30(35)36)27-22(2)32-20-25(28(27)34-16-14-31(3,4)15-17-34)26-13-12-24(19-33-26)38-21-23-10-8-7-9-11-23/h7-13,19-20,29H,5-6,14-18,21H2,1-4H3,(H,35,36)/t29-/m0/s1. The van der Waals surface area contributed by atoms with Gasteiger partial charge in [0.05, 0.1) is 17.6 Å². The summed E-state index contributed by atoms with van der Waals surface area (Å²) in [5, 5.41) is 10.2. The van der Waals surface area contributed by atoms with Crippen LogP contribution in [0, 0.1) is 12.3 Å². The minimum absolute atomic E-state index is 0.249. The van der Waals surface area contributed by atoms with E-state index in [2.05, 4.69) is 30.7 Å². The van der Waals surface area contributed by atoms with Crippen LogP contribution in [0.2, 0.25) is 0 Å². The number of aryl methyl sites for hydroxylation is 1. The van der Waals surface area contributed by atoms with Gasteiger partial charge in [0.15, 0.2) is 6.10 Å². The van der Waals surface area contributed by atoms with Crippen molar-refractivity contribution >= 4 is 11.7 Å². The molecule has 1 aliphatic heterocycles. The summed E-state index contributed by atoms with van der Waals surface area (Å²) >= 11 is 0. The largest absolute Gasteiger partial charge is 0.487 e. The molecule has 3 aromatic rings. The highest BCUT2D eigenvalue weighted by Crippen LogP contribution is 2.42. The molecule has 7 nitrogen and oxygen atoms in total. The van der Waals surface area contributed by atoms with Gasteiger partial charge in [0.25, 0.3) is 0 Å². The Morgan fingerprint density at radius 1 is 1.08 bits per heavy atom. The molecule has 0 unspecified atom stereocenters. The smallest absolute Gasteiger partial charge is 0.337 e. The van der Waals surface area contributed by atoms with Crippen LogP contribution in [0.4, 0.5) is 5.69 Å². The maximum absolute atomic E-state index is 12.5. The maximum Gasteiger partial charge on any atom is 0.337 e. The SMILES string of the molecule is CCCCO[C@H](C(=O)O)c1c(C)ncc(-c2ccc(OCc3ccccc3)cn2)c1N1CCC(C)(C)CC1. The summed E-state index contributed by atoms with van der Waals surface area (Å²) in [5.41, 5.74) is 5.02. The number of nitrogens with zero attached hydrogens (tertiary/aromatic N) is 3. The number of hydrogen-bond acceptors (Lipinski definition) is 6. The third-order valence-corrected chi connectivity index (χ3v) is 7.25. The molecule has 2 aromatic heterocycles. The molecule has 1 N–H and O–H groups in total. The van der Waals surface area contributed by atoms with Crippen LogP contribution in [0.15, 0.2) is 54.9 Å². The quantitative estimate of drug-likeness (QED) is 0.287. The van der Waals surface area contributed by atoms with Crippen LogP contribution in [-0.2, 0) is 16.1 Å². The van der Waals surface area contributed by atoms with Gasteiger partial charge in [0, 0.05) is 42.7 Å². The molecule has 1 fully saturated rings. The van der Waals surface area contributed by atoms with Gasteiger partial charge in [-0.1, -0.05) is 57.5 Å². The van der Waals surface area contributed by atoms with Crippen molar-refractivity contribution in [1.82, 2.24) is 9.97 Å². The van der Waals surface area contributed by atoms with Crippen LogP contribution in [-0.4, -0.2) is 40.7 Å². The Kier molecular flexibility index (Phi) is 9.00. The predicted octanol–water partition coefficient (Wildman–Crippen LogP) is 6.60. The molecule has 202 valence electrons. The highest BCUT2D eigenvalue weighted by Gasteiger charge is 2.34. The fraction of sp³-hybridized carbons (Fsp3) is 0.452. The van der Waals surface area contributed by atoms with Crippen LogP contribution < -0.4 is 9.64 Å². The highest BCUT2D eigenvalue weighted by atomic mass is 16.5. The van der Waals surface area contributed by atoms with Crippen LogP contribution in [0.3, 0.4) is 0 Å². The number of carboxylic acids is 1. The second-order valence-corrected chi connectivity index (χ2v) is 10.8. The van der Waals surface area contributed by atoms with Gasteiger partial charge in [0.1, 0.15) is 12.4 Å². The number of anilines is 1. The van der Waals surface area contributed by atoms with E-state index >= 15 is 0 Å². The molecule has 0 spiro atoms. The Hall–Kier alpha value is -3.45. The van der Waals surface area contributed by atoms with E-state index in [0.717, 1.165) is 61.3 Å². The van der Waals surface area contributed by atoms with E-state index in [1.54, 1.807) is 6.20 Å². The minimum atomic E-state index is -1.09. The van der Waals surface area contributed by atoms with E-state index in [1.807, 2.05) is 55.6 Å². The highest BCUT2D eigenvalue weighted by molar-refractivity contribution is 5.85. The van der Waals surface area contributed by atoms with Crippen molar-refractivity contribution in [3.63, 3.8) is 0 Å². The number of aliphatic carboxylic acids is 1. The number of ether oxygens (including phenoxy) is 2. The van der Waals surface area contributed by atoms with Crippen LogP contribution >= 0.6 is 0 Å². The molecule has 1 aliphatic rings. The molecule has 4 rings (SSSR count). The third-order valence-electron chi connectivity index (χ3n) is 7.25.